The van der Waals surface area contributed by atoms with Gasteiger partial charge in [0, 0.05) is 6.61 Å². The number of hydrogen-bond acceptors (Lipinski definition) is 3. The average Bonchev–Trinajstić information content (AvgIpc) is 1.77. The zero-order valence-electron chi connectivity index (χ0n) is 4.71. The summed E-state index contributed by atoms with van der Waals surface area (Å²) in [6.45, 7) is 1.15. The lowest BCUT2D eigenvalue weighted by atomic mass is 10.1. The summed E-state index contributed by atoms with van der Waals surface area (Å²) in [6.07, 6.45) is 0.338. The topological polar surface area (TPSA) is 55.5 Å². The summed E-state index contributed by atoms with van der Waals surface area (Å²) in [6, 6.07) is -0.163. The second-order valence-corrected chi connectivity index (χ2v) is 2.09. The molecule has 1 rings (SSSR count). The molecular formula is C5H11NO2. The lowest BCUT2D eigenvalue weighted by Gasteiger charge is -2.23. The number of hydrogen-bond donors (Lipinski definition) is 2. The maximum absolute atomic E-state index is 8.97. The summed E-state index contributed by atoms with van der Waals surface area (Å²) in [4.78, 5) is 0. The molecular weight excluding hydrogens is 106 g/mol. The molecule has 0 bridgehead atoms. The van der Waals surface area contributed by atoms with Crippen LogP contribution in [0.2, 0.25) is 0 Å². The Bertz CT molecular complexity index is 66.8. The Morgan fingerprint density at radius 3 is 2.75 bits per heavy atom. The van der Waals surface area contributed by atoms with Gasteiger partial charge < -0.3 is 15.6 Å². The molecule has 1 unspecified atom stereocenters. The first-order valence-electron chi connectivity index (χ1n) is 2.82. The summed E-state index contributed by atoms with van der Waals surface area (Å²) >= 11 is 0. The first kappa shape index (κ1) is 6.01. The van der Waals surface area contributed by atoms with E-state index in [9.17, 15) is 0 Å². The van der Waals surface area contributed by atoms with Gasteiger partial charge in [0.15, 0.2) is 0 Å². The fourth-order valence-corrected chi connectivity index (χ4v) is 0.749. The number of rotatable bonds is 0. The molecule has 0 aliphatic carbocycles. The summed E-state index contributed by atoms with van der Waals surface area (Å²) in [5, 5.41) is 8.97. The molecule has 0 aromatic heterocycles. The molecule has 0 aromatic rings. The van der Waals surface area contributed by atoms with E-state index >= 15 is 0 Å². The van der Waals surface area contributed by atoms with Gasteiger partial charge >= 0.3 is 0 Å². The van der Waals surface area contributed by atoms with E-state index in [0.717, 1.165) is 0 Å². The molecule has 3 heteroatoms. The Balaban J connectivity index is 2.28. The van der Waals surface area contributed by atoms with Crippen LogP contribution < -0.4 is 5.73 Å². The van der Waals surface area contributed by atoms with Crippen LogP contribution in [0.5, 0.6) is 0 Å². The first-order valence-corrected chi connectivity index (χ1v) is 2.82. The van der Waals surface area contributed by atoms with E-state index < -0.39 is 0 Å². The molecule has 1 fully saturated rings. The Morgan fingerprint density at radius 2 is 2.38 bits per heavy atom. The highest BCUT2D eigenvalue weighted by molar-refractivity contribution is 4.74. The molecule has 0 spiro atoms. The van der Waals surface area contributed by atoms with Gasteiger partial charge in [0.1, 0.15) is 0 Å². The Labute approximate surface area is 48.4 Å². The van der Waals surface area contributed by atoms with Crippen LogP contribution in [0.4, 0.5) is 0 Å². The number of ether oxygens (including phenoxy) is 1. The van der Waals surface area contributed by atoms with Crippen molar-refractivity contribution < 1.29 is 9.84 Å². The van der Waals surface area contributed by atoms with Crippen molar-refractivity contribution in [2.75, 3.05) is 13.2 Å². The fourth-order valence-electron chi connectivity index (χ4n) is 0.749. The molecule has 0 aromatic carbocycles. The Morgan fingerprint density at radius 1 is 1.62 bits per heavy atom. The minimum Gasteiger partial charge on any atom is -0.391 e. The summed E-state index contributed by atoms with van der Waals surface area (Å²) in [5.41, 5.74) is 5.40. The van der Waals surface area contributed by atoms with E-state index in [1.807, 2.05) is 0 Å². The van der Waals surface area contributed by atoms with Gasteiger partial charge in [-0.1, -0.05) is 0 Å². The largest absolute Gasteiger partial charge is 0.391 e. The van der Waals surface area contributed by atoms with Crippen LogP contribution >= 0.6 is 0 Å². The van der Waals surface area contributed by atoms with Crippen molar-refractivity contribution >= 4 is 0 Å². The monoisotopic (exact) mass is 117 g/mol. The average molecular weight is 117 g/mol. The third kappa shape index (κ3) is 1.18. The quantitative estimate of drug-likeness (QED) is 0.432. The van der Waals surface area contributed by atoms with E-state index in [2.05, 4.69) is 0 Å². The van der Waals surface area contributed by atoms with Gasteiger partial charge in [-0.15, -0.1) is 0 Å². The molecule has 2 atom stereocenters. The second-order valence-electron chi connectivity index (χ2n) is 2.09. The molecule has 48 valence electrons. The van der Waals surface area contributed by atoms with Gasteiger partial charge in [0.25, 0.3) is 0 Å². The molecule has 0 radical (unpaired) electrons. The van der Waals surface area contributed by atoms with Crippen LogP contribution in [-0.2, 0) is 4.74 Å². The summed E-state index contributed by atoms with van der Waals surface area (Å²) in [5.74, 6) is 0. The maximum atomic E-state index is 8.97. The first-order chi connectivity index (χ1) is 3.80. The molecule has 1 heterocycles. The summed E-state index contributed by atoms with van der Waals surface area (Å²) < 4.78 is 4.97. The molecule has 3 N–H and O–H groups in total. The molecule has 1 aliphatic rings. The van der Waals surface area contributed by atoms with E-state index in [4.69, 9.17) is 15.6 Å². The van der Waals surface area contributed by atoms with Crippen molar-refractivity contribution in [2.24, 2.45) is 5.73 Å². The third-order valence-electron chi connectivity index (χ3n) is 1.36. The van der Waals surface area contributed by atoms with Crippen molar-refractivity contribution in [3.8, 4) is 0 Å². The maximum Gasteiger partial charge on any atom is 0.0735 e. The molecule has 8 heavy (non-hydrogen) atoms. The normalized spacial score (nSPS) is 39.8. The number of nitrogens with two attached hydrogens (primary N) is 1. The molecule has 1 aliphatic heterocycles. The molecule has 0 amide bonds. The van der Waals surface area contributed by atoms with Crippen molar-refractivity contribution in [3.05, 3.63) is 0 Å². The SMILES string of the molecule is N[C@H]1COCCC1O. The van der Waals surface area contributed by atoms with Crippen molar-refractivity contribution in [1.82, 2.24) is 0 Å². The van der Waals surface area contributed by atoms with Crippen LogP contribution in [0, 0.1) is 0 Å². The smallest absolute Gasteiger partial charge is 0.0735 e. The van der Waals surface area contributed by atoms with Crippen molar-refractivity contribution in [1.29, 1.82) is 0 Å². The second kappa shape index (κ2) is 2.44. The third-order valence-corrected chi connectivity index (χ3v) is 1.36. The van der Waals surface area contributed by atoms with Crippen LogP contribution in [0.1, 0.15) is 6.42 Å². The molecule has 1 saturated heterocycles. The zero-order valence-corrected chi connectivity index (χ0v) is 4.71. The standard InChI is InChI=1S/C5H11NO2/c6-4-3-8-2-1-5(4)7/h4-5,7H,1-3,6H2/t4-,5?/m0/s1. The lowest BCUT2D eigenvalue weighted by molar-refractivity contribution is -0.00319. The van der Waals surface area contributed by atoms with E-state index in [0.29, 0.717) is 19.6 Å². The van der Waals surface area contributed by atoms with E-state index in [-0.39, 0.29) is 12.1 Å². The van der Waals surface area contributed by atoms with E-state index in [1.54, 1.807) is 0 Å². The van der Waals surface area contributed by atoms with E-state index in [1.165, 1.54) is 0 Å². The highest BCUT2D eigenvalue weighted by Gasteiger charge is 2.18. The fraction of sp³-hybridized carbons (Fsp3) is 1.00. The van der Waals surface area contributed by atoms with Gasteiger partial charge in [-0.2, -0.15) is 0 Å². The predicted molar refractivity (Wildman–Crippen MR) is 29.4 cm³/mol. The highest BCUT2D eigenvalue weighted by Crippen LogP contribution is 2.03. The van der Waals surface area contributed by atoms with Crippen LogP contribution in [0.25, 0.3) is 0 Å². The van der Waals surface area contributed by atoms with Crippen LogP contribution in [0.3, 0.4) is 0 Å². The van der Waals surface area contributed by atoms with Gasteiger partial charge in [0.2, 0.25) is 0 Å². The Kier molecular flexibility index (Phi) is 1.83. The highest BCUT2D eigenvalue weighted by atomic mass is 16.5. The van der Waals surface area contributed by atoms with Crippen molar-refractivity contribution in [3.63, 3.8) is 0 Å². The van der Waals surface area contributed by atoms with Gasteiger partial charge in [-0.05, 0) is 6.42 Å². The van der Waals surface area contributed by atoms with Gasteiger partial charge in [0.05, 0.1) is 18.8 Å². The molecule has 0 saturated carbocycles. The van der Waals surface area contributed by atoms with Crippen LogP contribution in [0.15, 0.2) is 0 Å². The lowest BCUT2D eigenvalue weighted by Crippen LogP contribution is -2.43. The Hall–Kier alpha value is -0.120. The van der Waals surface area contributed by atoms with Gasteiger partial charge in [-0.25, -0.2) is 0 Å². The van der Waals surface area contributed by atoms with Crippen molar-refractivity contribution in [2.45, 2.75) is 18.6 Å². The minimum absolute atomic E-state index is 0.163. The van der Waals surface area contributed by atoms with Crippen LogP contribution in [-0.4, -0.2) is 30.5 Å². The predicted octanol–water partition coefficient (Wildman–Crippen LogP) is -0.905. The van der Waals surface area contributed by atoms with Gasteiger partial charge in [-0.3, -0.25) is 0 Å². The number of aliphatic hydroxyl groups is 1. The molecule has 3 nitrogen and oxygen atoms in total. The zero-order chi connectivity index (χ0) is 5.98. The number of aliphatic hydroxyl groups excluding tert-OH is 1. The minimum atomic E-state index is -0.344. The summed E-state index contributed by atoms with van der Waals surface area (Å²) in [7, 11) is 0.